The van der Waals surface area contributed by atoms with Crippen LogP contribution >= 0.6 is 0 Å². The van der Waals surface area contributed by atoms with Crippen molar-refractivity contribution in [2.75, 3.05) is 5.32 Å². The van der Waals surface area contributed by atoms with E-state index in [0.717, 1.165) is 36.9 Å². The third-order valence-electron chi connectivity index (χ3n) is 6.78. The Bertz CT molecular complexity index is 1030. The van der Waals surface area contributed by atoms with E-state index in [9.17, 15) is 8.42 Å². The standard InChI is InChI=1S/C21H27BN4O3S/c1-13-20(25-14-2-6-18(7-3-14)30(27,28)19-8-9-19)23-12-24-21(13)29-17-10-15-4-5-16(11-17)26(15)22/h2-3,6-7,12,15-17,19H,4-5,8-11,22H2,1H3,(H,23,24,25)/t15-,16?,17?/m0/s1. The maximum atomic E-state index is 12.4. The summed E-state index contributed by atoms with van der Waals surface area (Å²) in [5, 5.41) is 3.08. The summed E-state index contributed by atoms with van der Waals surface area (Å²) in [7, 11) is -0.952. The number of hydrogen-bond acceptors (Lipinski definition) is 7. The summed E-state index contributed by atoms with van der Waals surface area (Å²) in [5.41, 5.74) is 1.65. The summed E-state index contributed by atoms with van der Waals surface area (Å²) in [6.45, 7) is 1.95. The Labute approximate surface area is 178 Å². The van der Waals surface area contributed by atoms with E-state index in [4.69, 9.17) is 4.74 Å². The molecule has 0 radical (unpaired) electrons. The highest BCUT2D eigenvalue weighted by Crippen LogP contribution is 2.37. The number of anilines is 2. The van der Waals surface area contributed by atoms with Crippen molar-refractivity contribution in [3.63, 3.8) is 0 Å². The average molecular weight is 426 g/mol. The lowest BCUT2D eigenvalue weighted by atomic mass is 9.96. The molecule has 1 N–H and O–H groups in total. The maximum Gasteiger partial charge on any atom is 0.221 e. The van der Waals surface area contributed by atoms with Gasteiger partial charge in [-0.3, -0.25) is 0 Å². The minimum atomic E-state index is -3.17. The lowest BCUT2D eigenvalue weighted by Crippen LogP contribution is -2.44. The number of sulfone groups is 1. The van der Waals surface area contributed by atoms with Crippen LogP contribution in [0.4, 0.5) is 11.5 Å². The van der Waals surface area contributed by atoms with Gasteiger partial charge in [0.15, 0.2) is 17.8 Å². The van der Waals surface area contributed by atoms with Gasteiger partial charge in [-0.1, -0.05) is 0 Å². The van der Waals surface area contributed by atoms with Gasteiger partial charge in [0.05, 0.1) is 15.7 Å². The van der Waals surface area contributed by atoms with Gasteiger partial charge in [-0.2, -0.15) is 0 Å². The summed E-state index contributed by atoms with van der Waals surface area (Å²) < 4.78 is 31.0. The molecule has 1 aliphatic carbocycles. The van der Waals surface area contributed by atoms with Crippen LogP contribution in [0.25, 0.3) is 0 Å². The van der Waals surface area contributed by atoms with Crippen LogP contribution in [0, 0.1) is 6.92 Å². The predicted molar refractivity (Wildman–Crippen MR) is 118 cm³/mol. The molecule has 3 aliphatic rings. The van der Waals surface area contributed by atoms with E-state index >= 15 is 0 Å². The minimum Gasteiger partial charge on any atom is -0.474 e. The molecule has 9 heteroatoms. The summed E-state index contributed by atoms with van der Waals surface area (Å²) >= 11 is 0. The number of nitrogens with one attached hydrogen (secondary N) is 1. The van der Waals surface area contributed by atoms with Crippen molar-refractivity contribution >= 4 is 29.3 Å². The number of fused-ring (bicyclic) bond motifs is 2. The first kappa shape index (κ1) is 19.8. The molecule has 3 atom stereocenters. The van der Waals surface area contributed by atoms with Crippen LogP contribution in [0.2, 0.25) is 0 Å². The zero-order valence-electron chi connectivity index (χ0n) is 17.4. The zero-order chi connectivity index (χ0) is 20.9. The van der Waals surface area contributed by atoms with Crippen molar-refractivity contribution in [3.05, 3.63) is 36.2 Å². The number of nitrogens with zero attached hydrogens (tertiary/aromatic N) is 3. The highest BCUT2D eigenvalue weighted by molar-refractivity contribution is 7.92. The Morgan fingerprint density at radius 2 is 1.73 bits per heavy atom. The summed E-state index contributed by atoms with van der Waals surface area (Å²) in [6.07, 6.45) is 7.82. The van der Waals surface area contributed by atoms with E-state index in [2.05, 4.69) is 28.1 Å². The van der Waals surface area contributed by atoms with E-state index in [0.29, 0.717) is 28.7 Å². The molecule has 1 aromatic carbocycles. The molecule has 2 aliphatic heterocycles. The minimum absolute atomic E-state index is 0.187. The molecule has 158 valence electrons. The topological polar surface area (TPSA) is 84.4 Å². The Kier molecular flexibility index (Phi) is 4.98. The molecule has 1 saturated carbocycles. The van der Waals surface area contributed by atoms with Gasteiger partial charge < -0.3 is 14.9 Å². The summed E-state index contributed by atoms with van der Waals surface area (Å²) in [5.74, 6) is 1.29. The first-order valence-electron chi connectivity index (χ1n) is 10.7. The molecule has 2 aromatic rings. The number of piperidine rings is 1. The van der Waals surface area contributed by atoms with E-state index in [1.165, 1.54) is 19.2 Å². The molecule has 2 bridgehead atoms. The van der Waals surface area contributed by atoms with Gasteiger partial charge in [-0.05, 0) is 69.7 Å². The van der Waals surface area contributed by atoms with Crippen LogP contribution < -0.4 is 10.1 Å². The van der Waals surface area contributed by atoms with Crippen molar-refractivity contribution in [3.8, 4) is 5.88 Å². The second-order valence-corrected chi connectivity index (χ2v) is 11.0. The first-order valence-corrected chi connectivity index (χ1v) is 12.3. The zero-order valence-corrected chi connectivity index (χ0v) is 18.2. The lowest BCUT2D eigenvalue weighted by Gasteiger charge is -2.36. The van der Waals surface area contributed by atoms with Crippen LogP contribution in [0.5, 0.6) is 5.88 Å². The van der Waals surface area contributed by atoms with Crippen LogP contribution in [-0.2, 0) is 9.84 Å². The fourth-order valence-corrected chi connectivity index (χ4v) is 6.39. The monoisotopic (exact) mass is 426 g/mol. The number of aromatic nitrogens is 2. The summed E-state index contributed by atoms with van der Waals surface area (Å²) in [6, 6.07) is 8.12. The molecule has 30 heavy (non-hydrogen) atoms. The molecule has 5 rings (SSSR count). The van der Waals surface area contributed by atoms with Gasteiger partial charge in [0.2, 0.25) is 5.88 Å². The summed E-state index contributed by atoms with van der Waals surface area (Å²) in [4.78, 5) is 11.6. The van der Waals surface area contributed by atoms with Crippen LogP contribution in [-0.4, -0.2) is 54.6 Å². The normalized spacial score (nSPS) is 26.5. The van der Waals surface area contributed by atoms with Gasteiger partial charge in [0.1, 0.15) is 18.2 Å². The molecule has 1 aromatic heterocycles. The van der Waals surface area contributed by atoms with Gasteiger partial charge in [-0.25, -0.2) is 18.4 Å². The Balaban J connectivity index is 1.29. The quantitative estimate of drug-likeness (QED) is 0.710. The first-order chi connectivity index (χ1) is 14.4. The molecule has 2 unspecified atom stereocenters. The Morgan fingerprint density at radius 3 is 2.37 bits per heavy atom. The number of ether oxygens (including phenoxy) is 1. The average Bonchev–Trinajstić information content (AvgIpc) is 3.55. The second kappa shape index (κ2) is 7.53. The van der Waals surface area contributed by atoms with Crippen LogP contribution in [0.15, 0.2) is 35.5 Å². The predicted octanol–water partition coefficient (Wildman–Crippen LogP) is 2.39. The van der Waals surface area contributed by atoms with Gasteiger partial charge in [0, 0.05) is 17.8 Å². The molecular formula is C21H27BN4O3S. The van der Waals surface area contributed by atoms with Gasteiger partial charge >= 0.3 is 0 Å². The van der Waals surface area contributed by atoms with E-state index < -0.39 is 9.84 Å². The highest BCUT2D eigenvalue weighted by Gasteiger charge is 2.39. The molecule has 7 nitrogen and oxygen atoms in total. The third kappa shape index (κ3) is 3.69. The molecule has 3 heterocycles. The van der Waals surface area contributed by atoms with Crippen LogP contribution in [0.1, 0.15) is 44.1 Å². The Morgan fingerprint density at radius 1 is 1.07 bits per heavy atom. The fraction of sp³-hybridized carbons (Fsp3) is 0.524. The van der Waals surface area contributed by atoms with Crippen LogP contribution in [0.3, 0.4) is 0 Å². The largest absolute Gasteiger partial charge is 0.474 e. The SMILES string of the molecule is BN1C2CC[C@H]1CC(Oc1ncnc(Nc3ccc(S(=O)(=O)C4CC4)cc3)c1C)C2. The second-order valence-electron chi connectivity index (χ2n) is 8.81. The smallest absolute Gasteiger partial charge is 0.221 e. The maximum absolute atomic E-state index is 12.4. The Hall–Kier alpha value is -2.13. The highest BCUT2D eigenvalue weighted by atomic mass is 32.2. The van der Waals surface area contributed by atoms with Crippen molar-refractivity contribution in [1.82, 2.24) is 14.8 Å². The molecule has 0 spiro atoms. The van der Waals surface area contributed by atoms with E-state index in [-0.39, 0.29) is 11.4 Å². The molecular weight excluding hydrogens is 399 g/mol. The van der Waals surface area contributed by atoms with E-state index in [1.54, 1.807) is 24.3 Å². The van der Waals surface area contributed by atoms with Crippen molar-refractivity contribution in [2.24, 2.45) is 0 Å². The number of rotatable bonds is 6. The van der Waals surface area contributed by atoms with E-state index in [1.807, 2.05) is 6.92 Å². The van der Waals surface area contributed by atoms with Crippen molar-refractivity contribution < 1.29 is 13.2 Å². The van der Waals surface area contributed by atoms with Crippen molar-refractivity contribution in [1.29, 1.82) is 0 Å². The lowest BCUT2D eigenvalue weighted by molar-refractivity contribution is 0.0922. The van der Waals surface area contributed by atoms with Gasteiger partial charge in [-0.15, -0.1) is 0 Å². The van der Waals surface area contributed by atoms with Crippen molar-refractivity contribution in [2.45, 2.75) is 73.8 Å². The number of benzene rings is 1. The molecule has 2 saturated heterocycles. The fourth-order valence-electron chi connectivity index (χ4n) is 4.73. The molecule has 3 fully saturated rings. The van der Waals surface area contributed by atoms with Gasteiger partial charge in [0.25, 0.3) is 0 Å². The third-order valence-corrected chi connectivity index (χ3v) is 9.06. The molecule has 0 amide bonds. The number of hydrogen-bond donors (Lipinski definition) is 1.